The maximum atomic E-state index is 11.1. The van der Waals surface area contributed by atoms with Gasteiger partial charge in [0.1, 0.15) is 5.75 Å². The number of aromatic hydroxyl groups is 7. The third-order valence-electron chi connectivity index (χ3n) is 6.47. The quantitative estimate of drug-likeness (QED) is 0.0961. The number of phenolic OH excluding ortho intramolecular Hbond substituents is 5. The highest BCUT2D eigenvalue weighted by Crippen LogP contribution is 2.35. The van der Waals surface area contributed by atoms with Crippen LogP contribution in [0.15, 0.2) is 60.7 Å². The van der Waals surface area contributed by atoms with Crippen LogP contribution in [0.5, 0.6) is 46.0 Å². The number of ketones is 4. The molecular formula is C35H38O14. The number of Topliss-reactive ketones (excluding diaryl/α,β-unsaturated/α-hetero) is 4. The van der Waals surface area contributed by atoms with Crippen LogP contribution >= 0.6 is 0 Å². The number of aliphatic hydroxyl groups is 2. The minimum Gasteiger partial charge on any atom is -0.508 e. The first-order valence-corrected chi connectivity index (χ1v) is 14.1. The molecule has 14 nitrogen and oxygen atoms in total. The van der Waals surface area contributed by atoms with Gasteiger partial charge in [-0.25, -0.2) is 0 Å². The molecular weight excluding hydrogens is 644 g/mol. The van der Waals surface area contributed by atoms with Crippen molar-refractivity contribution in [2.75, 3.05) is 7.11 Å². The van der Waals surface area contributed by atoms with Crippen molar-refractivity contribution >= 4 is 23.1 Å². The first-order valence-electron chi connectivity index (χ1n) is 14.1. The molecule has 4 rings (SSSR count). The molecule has 14 heteroatoms. The smallest absolute Gasteiger partial charge is 0.200 e. The van der Waals surface area contributed by atoms with Gasteiger partial charge in [-0.1, -0.05) is 0 Å². The van der Waals surface area contributed by atoms with Crippen LogP contribution in [0.1, 0.15) is 80.3 Å². The van der Waals surface area contributed by atoms with Crippen LogP contribution < -0.4 is 4.74 Å². The number of ether oxygens (including phenoxy) is 1. The van der Waals surface area contributed by atoms with Crippen LogP contribution in [0.4, 0.5) is 0 Å². The van der Waals surface area contributed by atoms with Crippen LogP contribution in [0.2, 0.25) is 0 Å². The van der Waals surface area contributed by atoms with Crippen LogP contribution in [-0.2, 0) is 13.2 Å². The van der Waals surface area contributed by atoms with E-state index in [1.54, 1.807) is 0 Å². The summed E-state index contributed by atoms with van der Waals surface area (Å²) < 4.78 is 4.86. The Labute approximate surface area is 281 Å². The number of benzene rings is 4. The van der Waals surface area contributed by atoms with Gasteiger partial charge in [-0.2, -0.15) is 0 Å². The highest BCUT2D eigenvalue weighted by molar-refractivity contribution is 5.96. The van der Waals surface area contributed by atoms with Gasteiger partial charge in [-0.05, 0) is 88.4 Å². The summed E-state index contributed by atoms with van der Waals surface area (Å²) in [4.78, 5) is 43.4. The molecule has 49 heavy (non-hydrogen) atoms. The van der Waals surface area contributed by atoms with Gasteiger partial charge in [0.15, 0.2) is 63.4 Å². The molecule has 9 N–H and O–H groups in total. The van der Waals surface area contributed by atoms with Crippen molar-refractivity contribution < 1.29 is 69.9 Å². The summed E-state index contributed by atoms with van der Waals surface area (Å²) >= 11 is 0. The van der Waals surface area contributed by atoms with Gasteiger partial charge in [0.2, 0.25) is 0 Å². The van der Waals surface area contributed by atoms with Gasteiger partial charge >= 0.3 is 0 Å². The molecule has 0 aliphatic carbocycles. The first-order chi connectivity index (χ1) is 22.9. The number of carbonyl (C=O) groups excluding carboxylic acids is 4. The van der Waals surface area contributed by atoms with Crippen molar-refractivity contribution in [3.8, 4) is 46.0 Å². The van der Waals surface area contributed by atoms with E-state index in [9.17, 15) is 24.3 Å². The monoisotopic (exact) mass is 682 g/mol. The molecule has 262 valence electrons. The third-order valence-corrected chi connectivity index (χ3v) is 6.47. The molecule has 4 aromatic rings. The molecule has 0 amide bonds. The molecule has 0 atom stereocenters. The Kier molecular flexibility index (Phi) is 15.8. The van der Waals surface area contributed by atoms with Crippen LogP contribution in [0.25, 0.3) is 0 Å². The summed E-state index contributed by atoms with van der Waals surface area (Å²) in [6.07, 6.45) is 0. The van der Waals surface area contributed by atoms with Crippen LogP contribution in [-0.4, -0.2) is 76.2 Å². The molecule has 0 spiro atoms. The zero-order valence-electron chi connectivity index (χ0n) is 27.3. The summed E-state index contributed by atoms with van der Waals surface area (Å²) in [5.41, 5.74) is 2.11. The van der Waals surface area contributed by atoms with E-state index in [0.29, 0.717) is 22.3 Å². The maximum Gasteiger partial charge on any atom is 0.200 e. The molecule has 0 aliphatic heterocycles. The molecule has 0 unspecified atom stereocenters. The second kappa shape index (κ2) is 18.9. The fourth-order valence-corrected chi connectivity index (χ4v) is 3.63. The Hall–Kier alpha value is -6.12. The van der Waals surface area contributed by atoms with E-state index in [-0.39, 0.29) is 76.2 Å². The van der Waals surface area contributed by atoms with Gasteiger partial charge in [0.05, 0.1) is 20.3 Å². The second-order valence-electron chi connectivity index (χ2n) is 10.1. The number of hydrogen-bond acceptors (Lipinski definition) is 14. The van der Waals surface area contributed by atoms with Crippen molar-refractivity contribution in [1.29, 1.82) is 0 Å². The van der Waals surface area contributed by atoms with Gasteiger partial charge in [-0.15, -0.1) is 0 Å². The lowest BCUT2D eigenvalue weighted by atomic mass is 10.1. The Morgan fingerprint density at radius 3 is 1.27 bits per heavy atom. The molecule has 0 fully saturated rings. The molecule has 4 aromatic carbocycles. The molecule has 0 radical (unpaired) electrons. The lowest BCUT2D eigenvalue weighted by Gasteiger charge is -2.08. The highest BCUT2D eigenvalue weighted by Gasteiger charge is 2.12. The number of hydrogen-bond donors (Lipinski definition) is 9. The average molecular weight is 683 g/mol. The average Bonchev–Trinajstić information content (AvgIpc) is 3.05. The maximum absolute atomic E-state index is 11.1. The van der Waals surface area contributed by atoms with Gasteiger partial charge in [0.25, 0.3) is 0 Å². The number of aliphatic hydroxyl groups excluding tert-OH is 2. The molecule has 0 heterocycles. The van der Waals surface area contributed by atoms with Gasteiger partial charge in [-0.3, -0.25) is 19.2 Å². The Morgan fingerprint density at radius 2 is 0.857 bits per heavy atom. The van der Waals surface area contributed by atoms with Crippen molar-refractivity contribution in [3.63, 3.8) is 0 Å². The number of phenols is 7. The van der Waals surface area contributed by atoms with Crippen LogP contribution in [0.3, 0.4) is 0 Å². The summed E-state index contributed by atoms with van der Waals surface area (Å²) in [6, 6.07) is 13.5. The van der Waals surface area contributed by atoms with E-state index in [1.807, 2.05) is 0 Å². The van der Waals surface area contributed by atoms with E-state index in [4.69, 9.17) is 45.6 Å². The Morgan fingerprint density at radius 1 is 0.469 bits per heavy atom. The third kappa shape index (κ3) is 12.2. The van der Waals surface area contributed by atoms with E-state index in [0.717, 1.165) is 12.1 Å². The second-order valence-corrected chi connectivity index (χ2v) is 10.1. The Balaban J connectivity index is 0.000000328. The van der Waals surface area contributed by atoms with Crippen molar-refractivity contribution in [2.24, 2.45) is 0 Å². The predicted octanol–water partition coefficient (Wildman–Crippen LogP) is 4.49. The van der Waals surface area contributed by atoms with E-state index >= 15 is 0 Å². The zero-order chi connectivity index (χ0) is 37.6. The zero-order valence-corrected chi connectivity index (χ0v) is 27.3. The number of methoxy groups -OCH3 is 1. The molecule has 0 bridgehead atoms. The molecule has 0 saturated heterocycles. The minimum absolute atomic E-state index is 0.0162. The highest BCUT2D eigenvalue weighted by atomic mass is 16.5. The lowest BCUT2D eigenvalue weighted by molar-refractivity contribution is 0.100. The van der Waals surface area contributed by atoms with E-state index in [2.05, 4.69) is 0 Å². The van der Waals surface area contributed by atoms with Gasteiger partial charge < -0.3 is 50.7 Å². The molecule has 0 aromatic heterocycles. The summed E-state index contributed by atoms with van der Waals surface area (Å²) in [5, 5.41) is 81.0. The molecule has 0 saturated carbocycles. The topological polar surface area (TPSA) is 260 Å². The first kappa shape index (κ1) is 40.9. The summed E-state index contributed by atoms with van der Waals surface area (Å²) in [7, 11) is 1.39. The number of rotatable bonds is 7. The van der Waals surface area contributed by atoms with Crippen molar-refractivity contribution in [2.45, 2.75) is 40.9 Å². The standard InChI is InChI=1S/C10H12O4.C9H10O3.C8H8O4.C8H8O3/c1-6(12)7-3-8(5-11)10(13)9(4-7)14-2;1-6(11)7-2-3-9(12)8(4-7)5-10;1-4(9)5-2-6(10)8(12)7(11)3-5;1-5(9)6-2-3-7(10)8(11)4-6/h3-4,11,13H,5H2,1-2H3;2-4,10,12H,5H2,1H3;2-3,10-12H,1H3;2-4,10-11H,1H3. The largest absolute Gasteiger partial charge is 0.508 e. The van der Waals surface area contributed by atoms with Gasteiger partial charge in [0, 0.05) is 33.4 Å². The fraction of sp³-hybridized carbons (Fsp3) is 0.200. The van der Waals surface area contributed by atoms with E-state index in [1.165, 1.54) is 83.3 Å². The SMILES string of the molecule is CC(=O)c1cc(O)c(O)c(O)c1.CC(=O)c1ccc(O)c(CO)c1.CC(=O)c1ccc(O)c(O)c1.COc1cc(C(C)=O)cc(CO)c1O. The van der Waals surface area contributed by atoms with Crippen molar-refractivity contribution in [3.05, 3.63) is 94.0 Å². The summed E-state index contributed by atoms with van der Waals surface area (Å²) in [5.74, 6) is -2.65. The number of carbonyl (C=O) groups is 4. The normalized spacial score (nSPS) is 9.78. The summed E-state index contributed by atoms with van der Waals surface area (Å²) in [6.45, 7) is 4.95. The van der Waals surface area contributed by atoms with E-state index < -0.39 is 17.2 Å². The Bertz CT molecular complexity index is 1760. The van der Waals surface area contributed by atoms with Crippen LogP contribution in [0, 0.1) is 0 Å². The molecule has 0 aliphatic rings. The van der Waals surface area contributed by atoms with Crippen molar-refractivity contribution in [1.82, 2.24) is 0 Å². The fourth-order valence-electron chi connectivity index (χ4n) is 3.63. The minimum atomic E-state index is -0.611. The lowest BCUT2D eigenvalue weighted by Crippen LogP contribution is -1.97. The predicted molar refractivity (Wildman–Crippen MR) is 176 cm³/mol.